The van der Waals surface area contributed by atoms with E-state index in [2.05, 4.69) is 22.9 Å². The normalized spacial score (nSPS) is 24.1. The molecule has 0 aromatic rings. The van der Waals surface area contributed by atoms with Crippen molar-refractivity contribution in [2.24, 2.45) is 5.41 Å². The van der Waals surface area contributed by atoms with Gasteiger partial charge < -0.3 is 16.0 Å². The highest BCUT2D eigenvalue weighted by Gasteiger charge is 2.41. The maximum absolute atomic E-state index is 12.7. The van der Waals surface area contributed by atoms with E-state index in [4.69, 9.17) is 0 Å². The lowest BCUT2D eigenvalue weighted by Gasteiger charge is -2.39. The Labute approximate surface area is 127 Å². The smallest absolute Gasteiger partial charge is 0.245 e. The highest BCUT2D eigenvalue weighted by molar-refractivity contribution is 5.91. The first-order valence-corrected chi connectivity index (χ1v) is 8.24. The number of hydrogen-bond acceptors (Lipinski definition) is 3. The molecule has 1 aliphatic carbocycles. The van der Waals surface area contributed by atoms with Crippen molar-refractivity contribution in [2.45, 2.75) is 64.3 Å². The Morgan fingerprint density at radius 3 is 2.24 bits per heavy atom. The summed E-state index contributed by atoms with van der Waals surface area (Å²) in [4.78, 5) is 24.2. The van der Waals surface area contributed by atoms with Gasteiger partial charge in [-0.15, -0.1) is 0 Å². The molecule has 1 saturated carbocycles. The van der Waals surface area contributed by atoms with Crippen LogP contribution in [0.1, 0.15) is 58.8 Å². The van der Waals surface area contributed by atoms with Crippen molar-refractivity contribution in [1.82, 2.24) is 16.0 Å². The second-order valence-electron chi connectivity index (χ2n) is 7.07. The molecule has 120 valence electrons. The Hall–Kier alpha value is -1.10. The number of amides is 2. The van der Waals surface area contributed by atoms with Crippen molar-refractivity contribution in [2.75, 3.05) is 19.6 Å². The Kier molecular flexibility index (Phi) is 5.25. The summed E-state index contributed by atoms with van der Waals surface area (Å²) < 4.78 is 0. The fourth-order valence-corrected chi connectivity index (χ4v) is 3.57. The number of carbonyl (C=O) groups is 2. The molecule has 0 aromatic carbocycles. The van der Waals surface area contributed by atoms with Crippen LogP contribution in [-0.4, -0.2) is 37.0 Å². The first-order chi connectivity index (χ1) is 9.96. The van der Waals surface area contributed by atoms with Crippen molar-refractivity contribution in [1.29, 1.82) is 0 Å². The lowest BCUT2D eigenvalue weighted by molar-refractivity contribution is -0.134. The number of nitrogens with one attached hydrogen (secondary N) is 3. The van der Waals surface area contributed by atoms with Crippen LogP contribution in [-0.2, 0) is 9.59 Å². The maximum Gasteiger partial charge on any atom is 0.245 e. The van der Waals surface area contributed by atoms with Crippen LogP contribution in [0.5, 0.6) is 0 Å². The molecule has 2 rings (SSSR count). The average molecular weight is 295 g/mol. The van der Waals surface area contributed by atoms with Gasteiger partial charge in [-0.2, -0.15) is 0 Å². The average Bonchev–Trinajstić information content (AvgIpc) is 2.46. The zero-order chi connectivity index (χ0) is 15.3. The molecule has 0 bridgehead atoms. The molecule has 1 saturated heterocycles. The quantitative estimate of drug-likeness (QED) is 0.733. The predicted octanol–water partition coefficient (Wildman–Crippen LogP) is 1.33. The summed E-state index contributed by atoms with van der Waals surface area (Å²) in [5, 5.41) is 9.41. The summed E-state index contributed by atoms with van der Waals surface area (Å²) in [6.45, 7) is 6.47. The van der Waals surface area contributed by atoms with E-state index in [0.29, 0.717) is 6.54 Å². The molecule has 5 nitrogen and oxygen atoms in total. The highest BCUT2D eigenvalue weighted by atomic mass is 16.2. The number of rotatable bonds is 4. The zero-order valence-corrected chi connectivity index (χ0v) is 13.4. The summed E-state index contributed by atoms with van der Waals surface area (Å²) in [7, 11) is 0. The van der Waals surface area contributed by atoms with Gasteiger partial charge in [-0.25, -0.2) is 0 Å². The topological polar surface area (TPSA) is 70.2 Å². The number of hydrogen-bond donors (Lipinski definition) is 3. The summed E-state index contributed by atoms with van der Waals surface area (Å²) in [5.74, 6) is -0.0997. The van der Waals surface area contributed by atoms with E-state index in [1.54, 1.807) is 0 Å². The van der Waals surface area contributed by atoms with Gasteiger partial charge in [0, 0.05) is 13.5 Å². The first-order valence-electron chi connectivity index (χ1n) is 8.24. The third-order valence-corrected chi connectivity index (χ3v) is 5.04. The third-order valence-electron chi connectivity index (χ3n) is 5.04. The van der Waals surface area contributed by atoms with Gasteiger partial charge in [0.15, 0.2) is 0 Å². The minimum absolute atomic E-state index is 0.0113. The Morgan fingerprint density at radius 2 is 1.67 bits per heavy atom. The molecular formula is C16H29N3O2. The van der Waals surface area contributed by atoms with Crippen LogP contribution in [0.2, 0.25) is 0 Å². The van der Waals surface area contributed by atoms with Gasteiger partial charge in [0.05, 0.1) is 0 Å². The summed E-state index contributed by atoms with van der Waals surface area (Å²) in [6, 6.07) is 0. The molecule has 1 heterocycles. The van der Waals surface area contributed by atoms with Gasteiger partial charge in [-0.3, -0.25) is 9.59 Å². The maximum atomic E-state index is 12.7. The second-order valence-corrected chi connectivity index (χ2v) is 7.07. The number of piperidine rings is 1. The van der Waals surface area contributed by atoms with Gasteiger partial charge >= 0.3 is 0 Å². The van der Waals surface area contributed by atoms with E-state index in [1.807, 2.05) is 0 Å². The Bertz CT molecular complexity index is 383. The minimum atomic E-state index is -0.673. The molecule has 5 heteroatoms. The van der Waals surface area contributed by atoms with Gasteiger partial charge in [-0.05, 0) is 44.2 Å². The first kappa shape index (κ1) is 16.3. The molecular weight excluding hydrogens is 266 g/mol. The summed E-state index contributed by atoms with van der Waals surface area (Å²) >= 11 is 0. The fraction of sp³-hybridized carbons (Fsp3) is 0.875. The lowest BCUT2D eigenvalue weighted by Crippen LogP contribution is -2.60. The van der Waals surface area contributed by atoms with Crippen LogP contribution in [0, 0.1) is 5.41 Å². The van der Waals surface area contributed by atoms with Crippen LogP contribution in [0.15, 0.2) is 0 Å². The van der Waals surface area contributed by atoms with Crippen LogP contribution in [0.4, 0.5) is 0 Å². The Balaban J connectivity index is 1.96. The standard InChI is InChI=1S/C16H29N3O2/c1-13(20)19-16(6-4-3-5-7-16)14(21)18-12-15(2)8-10-17-11-9-15/h17H,3-12H2,1-2H3,(H,18,21)(H,19,20). The van der Waals surface area contributed by atoms with Crippen LogP contribution in [0.25, 0.3) is 0 Å². The van der Waals surface area contributed by atoms with E-state index >= 15 is 0 Å². The van der Waals surface area contributed by atoms with E-state index in [1.165, 1.54) is 6.92 Å². The largest absolute Gasteiger partial charge is 0.354 e. The predicted molar refractivity (Wildman–Crippen MR) is 82.9 cm³/mol. The highest BCUT2D eigenvalue weighted by Crippen LogP contribution is 2.30. The van der Waals surface area contributed by atoms with Crippen LogP contribution < -0.4 is 16.0 Å². The van der Waals surface area contributed by atoms with E-state index in [9.17, 15) is 9.59 Å². The molecule has 1 aliphatic heterocycles. The molecule has 2 fully saturated rings. The Morgan fingerprint density at radius 1 is 1.05 bits per heavy atom. The molecule has 0 spiro atoms. The third kappa shape index (κ3) is 4.19. The second kappa shape index (κ2) is 6.77. The van der Waals surface area contributed by atoms with E-state index in [0.717, 1.165) is 58.0 Å². The van der Waals surface area contributed by atoms with Crippen molar-refractivity contribution < 1.29 is 9.59 Å². The lowest BCUT2D eigenvalue weighted by atomic mass is 9.79. The minimum Gasteiger partial charge on any atom is -0.354 e. The van der Waals surface area contributed by atoms with Crippen LogP contribution >= 0.6 is 0 Å². The summed E-state index contributed by atoms with van der Waals surface area (Å²) in [6.07, 6.45) is 6.86. The molecule has 3 N–H and O–H groups in total. The van der Waals surface area contributed by atoms with Crippen molar-refractivity contribution >= 4 is 11.8 Å². The molecule has 21 heavy (non-hydrogen) atoms. The zero-order valence-electron chi connectivity index (χ0n) is 13.4. The van der Waals surface area contributed by atoms with Crippen molar-refractivity contribution in [3.8, 4) is 0 Å². The van der Waals surface area contributed by atoms with Crippen LogP contribution in [0.3, 0.4) is 0 Å². The summed E-state index contributed by atoms with van der Waals surface area (Å²) in [5.41, 5.74) is -0.500. The monoisotopic (exact) mass is 295 g/mol. The fourth-order valence-electron chi connectivity index (χ4n) is 3.57. The molecule has 0 atom stereocenters. The van der Waals surface area contributed by atoms with Crippen molar-refractivity contribution in [3.05, 3.63) is 0 Å². The van der Waals surface area contributed by atoms with E-state index in [-0.39, 0.29) is 17.2 Å². The van der Waals surface area contributed by atoms with Crippen molar-refractivity contribution in [3.63, 3.8) is 0 Å². The number of carbonyl (C=O) groups excluding carboxylic acids is 2. The van der Waals surface area contributed by atoms with Gasteiger partial charge in [-0.1, -0.05) is 26.2 Å². The van der Waals surface area contributed by atoms with Gasteiger partial charge in [0.1, 0.15) is 5.54 Å². The van der Waals surface area contributed by atoms with Gasteiger partial charge in [0.2, 0.25) is 11.8 Å². The molecule has 2 amide bonds. The molecule has 0 unspecified atom stereocenters. The molecule has 2 aliphatic rings. The van der Waals surface area contributed by atoms with E-state index < -0.39 is 5.54 Å². The molecule has 0 radical (unpaired) electrons. The van der Waals surface area contributed by atoms with Gasteiger partial charge in [0.25, 0.3) is 0 Å². The molecule has 0 aromatic heterocycles. The SMILES string of the molecule is CC(=O)NC1(C(=O)NCC2(C)CCNCC2)CCCCC1.